The molecule has 0 unspecified atom stereocenters. The van der Waals surface area contributed by atoms with Crippen molar-refractivity contribution in [3.63, 3.8) is 0 Å². The van der Waals surface area contributed by atoms with Crippen molar-refractivity contribution in [2.45, 2.75) is 79.1 Å². The molecular formula is C30H43N3O. The molecule has 0 saturated carbocycles. The number of carbonyl (C=O) groups is 1. The predicted octanol–water partition coefficient (Wildman–Crippen LogP) is 7.09. The van der Waals surface area contributed by atoms with Crippen molar-refractivity contribution in [3.8, 4) is 0 Å². The number of hydrogen-bond acceptors (Lipinski definition) is 2. The fourth-order valence-corrected chi connectivity index (χ4v) is 4.03. The standard InChI is InChI=1S/C30H43N3O/c1-6-9-11-25-17-19-27(20-18-25)28(34)12-10-22-33(21-7-2)30(8-3)32-29(31-5)23-26-15-13-24(4)14-16-26/h13-20H,6-12,21-23H2,1-5H3. The average Bonchev–Trinajstić information content (AvgIpc) is 2.86. The quantitative estimate of drug-likeness (QED) is 0.181. The lowest BCUT2D eigenvalue weighted by atomic mass is 10.0. The first-order chi connectivity index (χ1) is 16.5. The first-order valence-electron chi connectivity index (χ1n) is 13.0. The number of benzene rings is 2. The zero-order valence-electron chi connectivity index (χ0n) is 21.9. The van der Waals surface area contributed by atoms with Gasteiger partial charge in [-0.3, -0.25) is 9.79 Å². The highest BCUT2D eigenvalue weighted by molar-refractivity contribution is 5.98. The van der Waals surface area contributed by atoms with Crippen molar-refractivity contribution in [3.05, 3.63) is 70.8 Å². The number of Topliss-reactive ketones (excluding diaryl/α,β-unsaturated/α-hetero) is 1. The summed E-state index contributed by atoms with van der Waals surface area (Å²) in [6.45, 7) is 10.4. The summed E-state index contributed by atoms with van der Waals surface area (Å²) in [5.74, 6) is 2.13. The molecule has 0 radical (unpaired) electrons. The maximum atomic E-state index is 12.7. The Morgan fingerprint density at radius 2 is 1.53 bits per heavy atom. The van der Waals surface area contributed by atoms with Crippen molar-refractivity contribution in [2.24, 2.45) is 9.98 Å². The SMILES string of the molecule is CCCCc1ccc(C(=O)CCCN(CCC)C(CC)=NC(Cc2ccc(C)cc2)=NC)cc1. The molecule has 34 heavy (non-hydrogen) atoms. The van der Waals surface area contributed by atoms with E-state index in [9.17, 15) is 4.79 Å². The molecule has 0 bridgehead atoms. The molecule has 0 saturated heterocycles. The van der Waals surface area contributed by atoms with Crippen molar-refractivity contribution in [1.29, 1.82) is 0 Å². The summed E-state index contributed by atoms with van der Waals surface area (Å²) >= 11 is 0. The van der Waals surface area contributed by atoms with Gasteiger partial charge in [0.15, 0.2) is 5.78 Å². The number of nitrogens with zero attached hydrogens (tertiary/aromatic N) is 3. The zero-order valence-corrected chi connectivity index (χ0v) is 21.9. The molecule has 4 heteroatoms. The summed E-state index contributed by atoms with van der Waals surface area (Å²) < 4.78 is 0. The molecule has 0 aliphatic rings. The van der Waals surface area contributed by atoms with E-state index in [0.29, 0.717) is 6.42 Å². The van der Waals surface area contributed by atoms with Gasteiger partial charge in [0, 0.05) is 45.0 Å². The van der Waals surface area contributed by atoms with Crippen LogP contribution < -0.4 is 0 Å². The fraction of sp³-hybridized carbons (Fsp3) is 0.500. The lowest BCUT2D eigenvalue weighted by Crippen LogP contribution is -2.33. The molecule has 2 aromatic rings. The molecule has 0 spiro atoms. The summed E-state index contributed by atoms with van der Waals surface area (Å²) in [7, 11) is 1.82. The Balaban J connectivity index is 1.98. The Morgan fingerprint density at radius 3 is 2.12 bits per heavy atom. The number of unbranched alkanes of at least 4 members (excludes halogenated alkanes) is 1. The van der Waals surface area contributed by atoms with E-state index in [0.717, 1.165) is 62.4 Å². The number of aliphatic imine (C=N–C) groups is 2. The van der Waals surface area contributed by atoms with E-state index in [2.05, 4.69) is 74.0 Å². The molecule has 0 fully saturated rings. The van der Waals surface area contributed by atoms with E-state index < -0.39 is 0 Å². The molecule has 2 rings (SSSR count). The smallest absolute Gasteiger partial charge is 0.162 e. The van der Waals surface area contributed by atoms with Crippen LogP contribution in [0, 0.1) is 6.92 Å². The molecule has 0 atom stereocenters. The minimum Gasteiger partial charge on any atom is -0.360 e. The van der Waals surface area contributed by atoms with Crippen molar-refractivity contribution in [2.75, 3.05) is 20.1 Å². The number of amidine groups is 2. The second-order valence-corrected chi connectivity index (χ2v) is 9.00. The van der Waals surface area contributed by atoms with E-state index in [1.54, 1.807) is 0 Å². The third kappa shape index (κ3) is 9.24. The molecule has 0 amide bonds. The van der Waals surface area contributed by atoms with Crippen molar-refractivity contribution < 1.29 is 4.79 Å². The molecule has 0 aliphatic carbocycles. The van der Waals surface area contributed by atoms with Crippen LogP contribution >= 0.6 is 0 Å². The Kier molecular flexibility index (Phi) is 12.3. The van der Waals surface area contributed by atoms with E-state index in [-0.39, 0.29) is 5.78 Å². The first-order valence-corrected chi connectivity index (χ1v) is 13.0. The van der Waals surface area contributed by atoms with Crippen LogP contribution in [0.1, 0.15) is 86.3 Å². The topological polar surface area (TPSA) is 45.0 Å². The van der Waals surface area contributed by atoms with Crippen molar-refractivity contribution in [1.82, 2.24) is 4.90 Å². The van der Waals surface area contributed by atoms with Crippen LogP contribution in [0.5, 0.6) is 0 Å². The molecule has 4 nitrogen and oxygen atoms in total. The van der Waals surface area contributed by atoms with Gasteiger partial charge in [-0.1, -0.05) is 81.3 Å². The molecule has 0 N–H and O–H groups in total. The average molecular weight is 462 g/mol. The number of rotatable bonds is 13. The van der Waals surface area contributed by atoms with Crippen LogP contribution in [-0.4, -0.2) is 42.5 Å². The molecule has 2 aromatic carbocycles. The second-order valence-electron chi connectivity index (χ2n) is 9.00. The van der Waals surface area contributed by atoms with Gasteiger partial charge in [-0.25, -0.2) is 4.99 Å². The Morgan fingerprint density at radius 1 is 0.853 bits per heavy atom. The largest absolute Gasteiger partial charge is 0.360 e. The summed E-state index contributed by atoms with van der Waals surface area (Å²) in [5, 5.41) is 0. The van der Waals surface area contributed by atoms with Gasteiger partial charge >= 0.3 is 0 Å². The number of ketones is 1. The fourth-order valence-electron chi connectivity index (χ4n) is 4.03. The normalized spacial score (nSPS) is 12.1. The minimum atomic E-state index is 0.226. The van der Waals surface area contributed by atoms with Gasteiger partial charge in [0.2, 0.25) is 0 Å². The highest BCUT2D eigenvalue weighted by atomic mass is 16.1. The van der Waals surface area contributed by atoms with Crippen LogP contribution in [0.4, 0.5) is 0 Å². The van der Waals surface area contributed by atoms with E-state index >= 15 is 0 Å². The maximum Gasteiger partial charge on any atom is 0.162 e. The van der Waals surface area contributed by atoms with Crippen LogP contribution in [0.25, 0.3) is 0 Å². The first kappa shape index (κ1) is 27.5. The number of carbonyl (C=O) groups excluding carboxylic acids is 1. The lowest BCUT2D eigenvalue weighted by Gasteiger charge is -2.25. The summed E-state index contributed by atoms with van der Waals surface area (Å²) in [6, 6.07) is 16.7. The van der Waals surface area contributed by atoms with Gasteiger partial charge in [0.05, 0.1) is 0 Å². The minimum absolute atomic E-state index is 0.226. The van der Waals surface area contributed by atoms with Gasteiger partial charge in [0.1, 0.15) is 11.7 Å². The monoisotopic (exact) mass is 461 g/mol. The van der Waals surface area contributed by atoms with Gasteiger partial charge in [-0.15, -0.1) is 0 Å². The molecule has 184 valence electrons. The van der Waals surface area contributed by atoms with Gasteiger partial charge in [0.25, 0.3) is 0 Å². The van der Waals surface area contributed by atoms with E-state index in [1.165, 1.54) is 29.5 Å². The van der Waals surface area contributed by atoms with Crippen LogP contribution in [0.2, 0.25) is 0 Å². The number of aryl methyl sites for hydroxylation is 2. The summed E-state index contributed by atoms with van der Waals surface area (Å²) in [4.78, 5) is 24.5. The van der Waals surface area contributed by atoms with Gasteiger partial charge in [-0.05, 0) is 43.7 Å². The van der Waals surface area contributed by atoms with Crippen LogP contribution in [0.3, 0.4) is 0 Å². The molecule has 0 heterocycles. The van der Waals surface area contributed by atoms with Crippen LogP contribution in [0.15, 0.2) is 58.5 Å². The van der Waals surface area contributed by atoms with E-state index in [4.69, 9.17) is 4.99 Å². The maximum absolute atomic E-state index is 12.7. The van der Waals surface area contributed by atoms with E-state index in [1.807, 2.05) is 19.2 Å². The molecule has 0 aliphatic heterocycles. The third-order valence-corrected chi connectivity index (χ3v) is 6.10. The Hall–Kier alpha value is -2.75. The lowest BCUT2D eigenvalue weighted by molar-refractivity contribution is 0.0977. The Bertz CT molecular complexity index is 927. The summed E-state index contributed by atoms with van der Waals surface area (Å²) in [6.07, 6.45) is 7.47. The molecule has 0 aromatic heterocycles. The highest BCUT2D eigenvalue weighted by Crippen LogP contribution is 2.12. The highest BCUT2D eigenvalue weighted by Gasteiger charge is 2.13. The third-order valence-electron chi connectivity index (χ3n) is 6.10. The Labute approximate surface area is 207 Å². The van der Waals surface area contributed by atoms with Crippen molar-refractivity contribution >= 4 is 17.5 Å². The van der Waals surface area contributed by atoms with Gasteiger partial charge < -0.3 is 4.90 Å². The zero-order chi connectivity index (χ0) is 24.8. The summed E-state index contributed by atoms with van der Waals surface area (Å²) in [5.41, 5.74) is 4.62. The molecular weight excluding hydrogens is 418 g/mol. The predicted molar refractivity (Wildman–Crippen MR) is 146 cm³/mol. The van der Waals surface area contributed by atoms with Crippen LogP contribution in [-0.2, 0) is 12.8 Å². The second kappa shape index (κ2) is 15.2. The number of hydrogen-bond donors (Lipinski definition) is 0. The van der Waals surface area contributed by atoms with Gasteiger partial charge in [-0.2, -0.15) is 0 Å².